The fraction of sp³-hybridized carbons (Fsp3) is 0.588. The molecule has 2 fully saturated rings. The van der Waals surface area contributed by atoms with Crippen LogP contribution in [0.4, 0.5) is 10.2 Å². The number of H-pyrrole nitrogens is 1. The molecule has 48 heavy (non-hydrogen) atoms. The number of nitrogens with two attached hydrogens (primary N) is 2. The number of anilines is 1. The summed E-state index contributed by atoms with van der Waals surface area (Å²) in [6.45, 7) is 4.58. The monoisotopic (exact) mass is 679 g/mol. The fourth-order valence-electron chi connectivity index (χ4n) is 9.18. The molecule has 12 nitrogen and oxygen atoms in total. The van der Waals surface area contributed by atoms with E-state index in [-0.39, 0.29) is 11.1 Å². The van der Waals surface area contributed by atoms with Gasteiger partial charge in [-0.1, -0.05) is 35.9 Å². The summed E-state index contributed by atoms with van der Waals surface area (Å²) in [7, 11) is 3.98. The first-order valence-electron chi connectivity index (χ1n) is 17.3. The van der Waals surface area contributed by atoms with Gasteiger partial charge in [0, 0.05) is 44.5 Å². The minimum Gasteiger partial charge on any atom is -0.461 e. The number of amidine groups is 1. The highest BCUT2D eigenvalue weighted by atomic mass is 35.5. The summed E-state index contributed by atoms with van der Waals surface area (Å²) >= 11 is 7.02. The molecule has 0 saturated carbocycles. The van der Waals surface area contributed by atoms with E-state index in [0.717, 1.165) is 93.9 Å². The number of fused-ring (bicyclic) bond motifs is 5. The van der Waals surface area contributed by atoms with E-state index in [1.54, 1.807) is 7.05 Å². The largest absolute Gasteiger partial charge is 0.461 e. The van der Waals surface area contributed by atoms with Crippen molar-refractivity contribution in [3.63, 3.8) is 0 Å². The van der Waals surface area contributed by atoms with Crippen LogP contribution in [0.25, 0.3) is 0 Å². The lowest BCUT2D eigenvalue weighted by Crippen LogP contribution is -2.51. The topological polar surface area (TPSA) is 131 Å². The van der Waals surface area contributed by atoms with Gasteiger partial charge >= 0.3 is 11.8 Å². The Morgan fingerprint density at radius 2 is 2.06 bits per heavy atom. The summed E-state index contributed by atoms with van der Waals surface area (Å²) in [5.74, 6) is 6.90. The second-order valence-electron chi connectivity index (χ2n) is 14.4. The number of halogens is 2. The van der Waals surface area contributed by atoms with Crippen molar-refractivity contribution in [1.82, 2.24) is 30.4 Å². The van der Waals surface area contributed by atoms with Gasteiger partial charge in [0.05, 0.1) is 16.8 Å². The Bertz CT molecular complexity index is 1760. The lowest BCUT2D eigenvalue weighted by molar-refractivity contribution is -0.755. The third kappa shape index (κ3) is 5.12. The number of aromatic nitrogens is 4. The van der Waals surface area contributed by atoms with Crippen LogP contribution >= 0.6 is 11.6 Å². The van der Waals surface area contributed by atoms with E-state index in [0.29, 0.717) is 48.7 Å². The molecule has 8 rings (SSSR count). The Balaban J connectivity index is 1.19. The first-order valence-corrected chi connectivity index (χ1v) is 17.7. The molecule has 1 spiro atoms. The molecule has 6 heterocycles. The number of hydrazone groups is 1. The molecule has 256 valence electrons. The van der Waals surface area contributed by atoms with Gasteiger partial charge in [0.15, 0.2) is 6.54 Å². The number of ether oxygens (including phenoxy) is 1. The zero-order valence-electron chi connectivity index (χ0n) is 27.9. The van der Waals surface area contributed by atoms with Crippen molar-refractivity contribution in [3.8, 4) is 6.01 Å². The smallest absolute Gasteiger partial charge is 0.323 e. The second-order valence-corrected chi connectivity index (χ2v) is 14.8. The lowest BCUT2D eigenvalue weighted by Gasteiger charge is -2.49. The maximum Gasteiger partial charge on any atom is 0.323 e. The number of aryl methyl sites for hydroxylation is 2. The average molecular weight is 680 g/mol. The number of nitrogens with one attached hydrogen (secondary N) is 2. The molecular weight excluding hydrogens is 633 g/mol. The van der Waals surface area contributed by atoms with Crippen LogP contribution in [0.5, 0.6) is 6.01 Å². The Labute approximate surface area is 285 Å². The molecule has 2 aromatic heterocycles. The van der Waals surface area contributed by atoms with Gasteiger partial charge < -0.3 is 9.64 Å². The summed E-state index contributed by atoms with van der Waals surface area (Å²) in [5.41, 5.74) is 15.0. The van der Waals surface area contributed by atoms with E-state index in [9.17, 15) is 4.39 Å². The Kier molecular flexibility index (Phi) is 8.01. The van der Waals surface area contributed by atoms with Crippen LogP contribution in [-0.2, 0) is 38.0 Å². The van der Waals surface area contributed by atoms with Gasteiger partial charge in [0.25, 0.3) is 0 Å². The van der Waals surface area contributed by atoms with E-state index in [1.807, 2.05) is 0 Å². The molecule has 5 aliphatic rings. The Morgan fingerprint density at radius 3 is 2.92 bits per heavy atom. The van der Waals surface area contributed by atoms with Gasteiger partial charge in [-0.05, 0) is 56.8 Å². The Morgan fingerprint density at radius 1 is 1.21 bits per heavy atom. The molecule has 0 bridgehead atoms. The van der Waals surface area contributed by atoms with Gasteiger partial charge in [-0.15, -0.1) is 4.68 Å². The predicted octanol–water partition coefficient (Wildman–Crippen LogP) is 2.06. The van der Waals surface area contributed by atoms with Gasteiger partial charge in [-0.3, -0.25) is 15.5 Å². The summed E-state index contributed by atoms with van der Waals surface area (Å²) in [4.78, 5) is 17.4. The van der Waals surface area contributed by atoms with Gasteiger partial charge in [0.1, 0.15) is 37.2 Å². The lowest BCUT2D eigenvalue weighted by atomic mass is 9.71. The van der Waals surface area contributed by atoms with Crippen molar-refractivity contribution in [2.24, 2.45) is 11.6 Å². The summed E-state index contributed by atoms with van der Waals surface area (Å²) < 4.78 is 24.8. The van der Waals surface area contributed by atoms with E-state index in [2.05, 4.69) is 61.3 Å². The van der Waals surface area contributed by atoms with Crippen LogP contribution in [0, 0.1) is 0 Å². The van der Waals surface area contributed by atoms with E-state index >= 15 is 0 Å². The predicted molar refractivity (Wildman–Crippen MR) is 180 cm³/mol. The quantitative estimate of drug-likeness (QED) is 0.102. The first kappa shape index (κ1) is 31.7. The molecule has 3 aromatic rings. The summed E-state index contributed by atoms with van der Waals surface area (Å²) in [6, 6.07) is 9.27. The minimum atomic E-state index is -0.817. The molecule has 4 aliphatic heterocycles. The molecule has 6 N–H and O–H groups in total. The number of hydrogen-bond donors (Lipinski definition) is 4. The van der Waals surface area contributed by atoms with Crippen molar-refractivity contribution >= 4 is 23.3 Å². The molecule has 2 saturated heterocycles. The fourth-order valence-corrected chi connectivity index (χ4v) is 9.48. The first-order chi connectivity index (χ1) is 23.2. The van der Waals surface area contributed by atoms with Crippen molar-refractivity contribution in [1.29, 1.82) is 0 Å². The number of rotatable bonds is 6. The number of alkyl halides is 1. The highest BCUT2D eigenvalue weighted by Crippen LogP contribution is 2.47. The third-order valence-electron chi connectivity index (χ3n) is 11.7. The maximum atomic E-state index is 14.6. The summed E-state index contributed by atoms with van der Waals surface area (Å²) in [6.07, 6.45) is 6.64. The number of hydrogen-bond acceptors (Lipinski definition) is 8. The van der Waals surface area contributed by atoms with E-state index in [1.165, 1.54) is 15.8 Å². The Hall–Kier alpha value is -3.52. The molecule has 0 unspecified atom stereocenters. The SMILES string of the molecule is CN1Cc2c(nc(OC[C@@]34CCCN3C[C@H](F)C4)nc2N2CCC[n+]3[nH]c(/C(N)=[N+](\C)NN)c(Cl)c3C2)C[C@]12CCCc1ccccc12. The van der Waals surface area contributed by atoms with Crippen LogP contribution in [0.3, 0.4) is 0 Å². The molecule has 14 heteroatoms. The van der Waals surface area contributed by atoms with E-state index in [4.69, 9.17) is 37.9 Å². The van der Waals surface area contributed by atoms with Crippen LogP contribution in [0.2, 0.25) is 5.02 Å². The molecule has 3 atom stereocenters. The van der Waals surface area contributed by atoms with Crippen molar-refractivity contribution < 1.29 is 18.5 Å². The number of likely N-dealkylation sites (N-methyl/N-ethyl adjacent to an activating group) is 1. The third-order valence-corrected chi connectivity index (χ3v) is 12.1. The van der Waals surface area contributed by atoms with Crippen LogP contribution in [-0.4, -0.2) is 87.4 Å². The van der Waals surface area contributed by atoms with Gasteiger partial charge in [0.2, 0.25) is 11.4 Å². The molecule has 1 aromatic carbocycles. The highest BCUT2D eigenvalue weighted by molar-refractivity contribution is 6.34. The number of benzene rings is 1. The van der Waals surface area contributed by atoms with Crippen molar-refractivity contribution in [3.05, 3.63) is 63.1 Å². The number of nitrogens with zero attached hydrogens (tertiary/aromatic N) is 7. The molecule has 0 radical (unpaired) electrons. The van der Waals surface area contributed by atoms with Gasteiger partial charge in [-0.2, -0.15) is 25.3 Å². The van der Waals surface area contributed by atoms with Crippen molar-refractivity contribution in [2.75, 3.05) is 45.2 Å². The second kappa shape index (κ2) is 12.1. The standard InChI is InChI=1S/C34H45ClFN11O/c1-43-19-24-26(17-34(43)12-5-9-22-8-3-4-10-25(22)34)39-32(48-21-33-11-6-14-46(33)18-23(36)16-33)40-31(24)45-13-7-15-47-27(20-45)28(35)29(41-47)30(37)44(2)42-38/h3-4,8,10,23H,5-7,9,11-21H2,1-2H3,(H4,37,38,41,42)/p+2/t23-,33+,34+/m1/s1. The van der Waals surface area contributed by atoms with Crippen LogP contribution < -0.4 is 31.4 Å². The average Bonchev–Trinajstić information content (AvgIpc) is 3.66. The maximum absolute atomic E-state index is 14.6. The molecular formula is C34H47ClFN11O+2. The molecule has 1 aliphatic carbocycles. The van der Waals surface area contributed by atoms with Crippen molar-refractivity contribution in [2.45, 2.75) is 88.3 Å². The van der Waals surface area contributed by atoms with Crippen LogP contribution in [0.15, 0.2) is 24.3 Å². The number of aromatic amines is 1. The zero-order chi connectivity index (χ0) is 33.2. The normalized spacial score (nSPS) is 27.6. The highest BCUT2D eigenvalue weighted by Gasteiger charge is 2.50. The summed E-state index contributed by atoms with van der Waals surface area (Å²) in [5, 5.41) is 3.95. The zero-order valence-corrected chi connectivity index (χ0v) is 28.7. The molecule has 0 amide bonds. The van der Waals surface area contributed by atoms with Crippen LogP contribution in [0.1, 0.15) is 72.3 Å². The van der Waals surface area contributed by atoms with E-state index < -0.39 is 6.17 Å². The minimum absolute atomic E-state index is 0.143. The number of hydrazine groups is 2. The van der Waals surface area contributed by atoms with Gasteiger partial charge in [-0.25, -0.2) is 10.2 Å².